The lowest BCUT2D eigenvalue weighted by Gasteiger charge is -2.14. The Balaban J connectivity index is 1.34. The first-order valence-corrected chi connectivity index (χ1v) is 13.0. The number of carbonyl (C=O) groups is 2. The number of benzene rings is 4. The third-order valence-electron chi connectivity index (χ3n) is 5.55. The number of rotatable bonds is 9. The van der Waals surface area contributed by atoms with Gasteiger partial charge in [-0.1, -0.05) is 44.2 Å². The predicted octanol–water partition coefficient (Wildman–Crippen LogP) is 6.84. The number of hydrogen-bond donors (Lipinski definition) is 4. The average molecular weight is 539 g/mol. The van der Waals surface area contributed by atoms with Gasteiger partial charge in [0.05, 0.1) is 17.9 Å². The molecule has 0 aliphatic heterocycles. The van der Waals surface area contributed by atoms with Gasteiger partial charge in [0.25, 0.3) is 11.8 Å². The molecule has 4 N–H and O–H groups in total. The molecule has 4 aromatic carbocycles. The van der Waals surface area contributed by atoms with Crippen molar-refractivity contribution in [1.29, 1.82) is 0 Å². The lowest BCUT2D eigenvalue weighted by Crippen LogP contribution is -2.34. The molecule has 0 radical (unpaired) electrons. The number of amides is 2. The van der Waals surface area contributed by atoms with Crippen LogP contribution < -0.4 is 26.0 Å². The number of hydrogen-bond acceptors (Lipinski definition) is 5. The SMILES string of the molecule is CC(C)COc1ccc(C(=O)NC(=S)Nc2ccccc2C(=O)Nc2ccc(Nc3ccccc3)cc2)cc1. The van der Waals surface area contributed by atoms with Crippen LogP contribution in [0.4, 0.5) is 22.7 Å². The second-order valence-corrected chi connectivity index (χ2v) is 9.61. The molecular formula is C31H30N4O3S. The van der Waals surface area contributed by atoms with E-state index in [0.717, 1.165) is 11.4 Å². The van der Waals surface area contributed by atoms with Gasteiger partial charge in [-0.15, -0.1) is 0 Å². The zero-order valence-corrected chi connectivity index (χ0v) is 22.5. The number of nitrogens with one attached hydrogen (secondary N) is 4. The summed E-state index contributed by atoms with van der Waals surface area (Å²) in [6.45, 7) is 4.74. The van der Waals surface area contributed by atoms with E-state index in [1.165, 1.54) is 0 Å². The molecule has 39 heavy (non-hydrogen) atoms. The average Bonchev–Trinajstić information content (AvgIpc) is 2.94. The topological polar surface area (TPSA) is 91.5 Å². The molecule has 0 spiro atoms. The fourth-order valence-corrected chi connectivity index (χ4v) is 3.81. The fraction of sp³-hybridized carbons (Fsp3) is 0.129. The van der Waals surface area contributed by atoms with Gasteiger partial charge in [0.1, 0.15) is 5.75 Å². The maximum absolute atomic E-state index is 13.1. The van der Waals surface area contributed by atoms with Gasteiger partial charge >= 0.3 is 0 Å². The highest BCUT2D eigenvalue weighted by atomic mass is 32.1. The van der Waals surface area contributed by atoms with Crippen molar-refractivity contribution in [2.24, 2.45) is 5.92 Å². The van der Waals surface area contributed by atoms with Gasteiger partial charge < -0.3 is 20.7 Å². The van der Waals surface area contributed by atoms with Gasteiger partial charge in [-0.2, -0.15) is 0 Å². The van der Waals surface area contributed by atoms with Crippen molar-refractivity contribution in [3.8, 4) is 5.75 Å². The highest BCUT2D eigenvalue weighted by Gasteiger charge is 2.14. The zero-order chi connectivity index (χ0) is 27.6. The van der Waals surface area contributed by atoms with Gasteiger partial charge in [-0.05, 0) is 90.9 Å². The number of carbonyl (C=O) groups excluding carboxylic acids is 2. The van der Waals surface area contributed by atoms with Gasteiger partial charge in [-0.3, -0.25) is 14.9 Å². The standard InChI is InChI=1S/C31H30N4O3S/c1-21(2)20-38-26-18-12-22(13-19-26)29(36)35-31(39)34-28-11-7-6-10-27(28)30(37)33-25-16-14-24(15-17-25)32-23-8-4-3-5-9-23/h3-19,21,32H,20H2,1-2H3,(H,33,37)(H2,34,35,36,39). The molecule has 0 saturated carbocycles. The summed E-state index contributed by atoms with van der Waals surface area (Å²) in [5.74, 6) is 0.425. The summed E-state index contributed by atoms with van der Waals surface area (Å²) in [6.07, 6.45) is 0. The molecule has 0 unspecified atom stereocenters. The second kappa shape index (κ2) is 13.2. The molecule has 7 nitrogen and oxygen atoms in total. The van der Waals surface area contributed by atoms with Crippen molar-refractivity contribution < 1.29 is 14.3 Å². The molecule has 0 aliphatic rings. The molecule has 0 bridgehead atoms. The number of ether oxygens (including phenoxy) is 1. The van der Waals surface area contributed by atoms with Crippen molar-refractivity contribution in [1.82, 2.24) is 5.32 Å². The second-order valence-electron chi connectivity index (χ2n) is 9.21. The van der Waals surface area contributed by atoms with Gasteiger partial charge in [0.2, 0.25) is 0 Å². The van der Waals surface area contributed by atoms with Gasteiger partial charge in [-0.25, -0.2) is 0 Å². The Bertz CT molecular complexity index is 1420. The predicted molar refractivity (Wildman–Crippen MR) is 161 cm³/mol. The minimum Gasteiger partial charge on any atom is -0.493 e. The Hall–Kier alpha value is -4.69. The lowest BCUT2D eigenvalue weighted by atomic mass is 10.1. The van der Waals surface area contributed by atoms with Crippen LogP contribution in [0.2, 0.25) is 0 Å². The normalized spacial score (nSPS) is 10.4. The van der Waals surface area contributed by atoms with Crippen molar-refractivity contribution in [2.45, 2.75) is 13.8 Å². The van der Waals surface area contributed by atoms with E-state index in [-0.39, 0.29) is 16.9 Å². The van der Waals surface area contributed by atoms with Crippen LogP contribution in [0.25, 0.3) is 0 Å². The van der Waals surface area contributed by atoms with Crippen LogP contribution in [-0.4, -0.2) is 23.5 Å². The van der Waals surface area contributed by atoms with Crippen molar-refractivity contribution in [2.75, 3.05) is 22.6 Å². The number of para-hydroxylation sites is 2. The Labute approximate surface area is 233 Å². The molecule has 2 amide bonds. The van der Waals surface area contributed by atoms with E-state index in [0.29, 0.717) is 40.8 Å². The summed E-state index contributed by atoms with van der Waals surface area (Å²) >= 11 is 5.35. The summed E-state index contributed by atoms with van der Waals surface area (Å²) in [5.41, 5.74) is 3.81. The van der Waals surface area contributed by atoms with E-state index in [1.54, 1.807) is 48.5 Å². The van der Waals surface area contributed by atoms with E-state index in [9.17, 15) is 9.59 Å². The summed E-state index contributed by atoms with van der Waals surface area (Å²) in [5, 5.41) is 11.9. The Kier molecular flexibility index (Phi) is 9.26. The largest absolute Gasteiger partial charge is 0.493 e. The molecule has 0 saturated heterocycles. The Morgan fingerprint density at radius 2 is 1.33 bits per heavy atom. The van der Waals surface area contributed by atoms with E-state index in [2.05, 4.69) is 35.1 Å². The third kappa shape index (κ3) is 8.15. The molecule has 0 aliphatic carbocycles. The first kappa shape index (κ1) is 27.3. The molecule has 0 atom stereocenters. The summed E-state index contributed by atoms with van der Waals surface area (Å²) in [4.78, 5) is 25.7. The fourth-order valence-electron chi connectivity index (χ4n) is 3.61. The molecule has 4 aromatic rings. The van der Waals surface area contributed by atoms with Crippen LogP contribution in [0.1, 0.15) is 34.6 Å². The smallest absolute Gasteiger partial charge is 0.257 e. The molecule has 0 heterocycles. The monoisotopic (exact) mass is 538 g/mol. The van der Waals surface area contributed by atoms with E-state index >= 15 is 0 Å². The number of anilines is 4. The molecule has 4 rings (SSSR count). The van der Waals surface area contributed by atoms with E-state index in [1.807, 2.05) is 54.6 Å². The van der Waals surface area contributed by atoms with Crippen LogP contribution in [0.5, 0.6) is 5.75 Å². The first-order valence-electron chi connectivity index (χ1n) is 12.5. The minimum absolute atomic E-state index is 0.0803. The Morgan fingerprint density at radius 3 is 2.03 bits per heavy atom. The first-order chi connectivity index (χ1) is 18.9. The maximum atomic E-state index is 13.1. The quantitative estimate of drug-likeness (QED) is 0.174. The van der Waals surface area contributed by atoms with Crippen molar-refractivity contribution >= 4 is 51.9 Å². The maximum Gasteiger partial charge on any atom is 0.257 e. The number of thiocarbonyl (C=S) groups is 1. The van der Waals surface area contributed by atoms with Gasteiger partial charge in [0, 0.05) is 22.6 Å². The van der Waals surface area contributed by atoms with Crippen LogP contribution in [0.15, 0.2) is 103 Å². The zero-order valence-electron chi connectivity index (χ0n) is 21.7. The van der Waals surface area contributed by atoms with Crippen LogP contribution in [0, 0.1) is 5.92 Å². The minimum atomic E-state index is -0.367. The van der Waals surface area contributed by atoms with E-state index in [4.69, 9.17) is 17.0 Å². The lowest BCUT2D eigenvalue weighted by molar-refractivity contribution is 0.0976. The molecule has 0 fully saturated rings. The van der Waals surface area contributed by atoms with Crippen molar-refractivity contribution in [3.05, 3.63) is 114 Å². The molecule has 8 heteroatoms. The highest BCUT2D eigenvalue weighted by Crippen LogP contribution is 2.21. The Morgan fingerprint density at radius 1 is 0.718 bits per heavy atom. The van der Waals surface area contributed by atoms with Crippen LogP contribution in [0.3, 0.4) is 0 Å². The molecule has 198 valence electrons. The summed E-state index contributed by atoms with van der Waals surface area (Å²) < 4.78 is 5.66. The molecular weight excluding hydrogens is 508 g/mol. The third-order valence-corrected chi connectivity index (χ3v) is 5.76. The molecule has 0 aromatic heterocycles. The summed E-state index contributed by atoms with van der Waals surface area (Å²) in [7, 11) is 0. The van der Waals surface area contributed by atoms with E-state index < -0.39 is 0 Å². The summed E-state index contributed by atoms with van der Waals surface area (Å²) in [6, 6.07) is 31.1. The van der Waals surface area contributed by atoms with Crippen molar-refractivity contribution in [3.63, 3.8) is 0 Å². The van der Waals surface area contributed by atoms with Gasteiger partial charge in [0.15, 0.2) is 5.11 Å². The van der Waals surface area contributed by atoms with Crippen LogP contribution >= 0.6 is 12.2 Å². The van der Waals surface area contributed by atoms with Crippen LogP contribution in [-0.2, 0) is 0 Å². The highest BCUT2D eigenvalue weighted by molar-refractivity contribution is 7.80.